The van der Waals surface area contributed by atoms with Crippen LogP contribution >= 0.6 is 11.3 Å². The van der Waals surface area contributed by atoms with Crippen LogP contribution in [0.15, 0.2) is 95.2 Å². The number of rotatable bonds is 8. The van der Waals surface area contributed by atoms with E-state index in [0.717, 1.165) is 11.3 Å². The van der Waals surface area contributed by atoms with Crippen LogP contribution in [-0.4, -0.2) is 19.3 Å². The van der Waals surface area contributed by atoms with Crippen LogP contribution < -0.4 is 14.8 Å². The molecule has 0 aliphatic heterocycles. The van der Waals surface area contributed by atoms with Crippen molar-refractivity contribution >= 4 is 38.1 Å². The third kappa shape index (κ3) is 5.51. The van der Waals surface area contributed by atoms with E-state index in [1.54, 1.807) is 41.8 Å². The number of nitrogens with zero attached hydrogens (tertiary/aromatic N) is 1. The summed E-state index contributed by atoms with van der Waals surface area (Å²) in [5.41, 5.74) is 0.987. The monoisotopic (exact) mass is 465 g/mol. The fourth-order valence-corrected chi connectivity index (χ4v) is 4.83. The molecular formula is C23H19N3O4S2. The number of ether oxygens (including phenoxy) is 1. The van der Waals surface area contributed by atoms with Crippen molar-refractivity contribution in [2.75, 3.05) is 10.0 Å². The second kappa shape index (κ2) is 9.63. The Morgan fingerprint density at radius 3 is 2.31 bits per heavy atom. The molecule has 0 bridgehead atoms. The van der Waals surface area contributed by atoms with Gasteiger partial charge >= 0.3 is 0 Å². The lowest BCUT2D eigenvalue weighted by atomic mass is 10.2. The smallest absolute Gasteiger partial charge is 0.263 e. The second-order valence-electron chi connectivity index (χ2n) is 6.70. The molecule has 0 aliphatic carbocycles. The van der Waals surface area contributed by atoms with Crippen LogP contribution in [0, 0.1) is 0 Å². The van der Waals surface area contributed by atoms with Gasteiger partial charge in [-0.1, -0.05) is 48.5 Å². The van der Waals surface area contributed by atoms with Gasteiger partial charge in [0.1, 0.15) is 5.75 Å². The van der Waals surface area contributed by atoms with Crippen LogP contribution in [0.25, 0.3) is 0 Å². The number of hydrogen-bond acceptors (Lipinski definition) is 6. The Kier molecular flexibility index (Phi) is 6.48. The minimum Gasteiger partial charge on any atom is -0.455 e. The molecule has 162 valence electrons. The molecule has 7 nitrogen and oxygen atoms in total. The second-order valence-corrected chi connectivity index (χ2v) is 9.24. The normalized spacial score (nSPS) is 11.0. The van der Waals surface area contributed by atoms with E-state index in [9.17, 15) is 13.2 Å². The summed E-state index contributed by atoms with van der Waals surface area (Å²) in [7, 11) is -3.73. The molecule has 0 saturated carbocycles. The fraction of sp³-hybridized carbons (Fsp3) is 0.0435. The SMILES string of the molecule is O=C(Cc1csc(NS(=O)(=O)c2ccccc2)n1)Nc1ccccc1Oc1ccccc1. The van der Waals surface area contributed by atoms with E-state index in [-0.39, 0.29) is 22.4 Å². The number of benzene rings is 3. The zero-order chi connectivity index (χ0) is 22.4. The highest BCUT2D eigenvalue weighted by Gasteiger charge is 2.17. The quantitative estimate of drug-likeness (QED) is 0.385. The Hall–Kier alpha value is -3.69. The van der Waals surface area contributed by atoms with Gasteiger partial charge in [-0.3, -0.25) is 9.52 Å². The van der Waals surface area contributed by atoms with Gasteiger partial charge in [-0.15, -0.1) is 11.3 Å². The lowest BCUT2D eigenvalue weighted by Crippen LogP contribution is -2.15. The molecule has 4 rings (SSSR count). The summed E-state index contributed by atoms with van der Waals surface area (Å²) < 4.78 is 33.1. The van der Waals surface area contributed by atoms with Crippen LogP contribution in [0.3, 0.4) is 0 Å². The molecule has 0 radical (unpaired) electrons. The van der Waals surface area contributed by atoms with Crippen molar-refractivity contribution in [1.82, 2.24) is 4.98 Å². The maximum atomic E-state index is 12.6. The van der Waals surface area contributed by atoms with Gasteiger partial charge in [0.05, 0.1) is 22.7 Å². The average molecular weight is 466 g/mol. The summed E-state index contributed by atoms with van der Waals surface area (Å²) in [6.45, 7) is 0. The summed E-state index contributed by atoms with van der Waals surface area (Å²) in [6, 6.07) is 24.4. The molecule has 0 spiro atoms. The zero-order valence-electron chi connectivity index (χ0n) is 16.8. The van der Waals surface area contributed by atoms with Gasteiger partial charge in [-0.2, -0.15) is 0 Å². The Bertz CT molecular complexity index is 1310. The number of hydrogen-bond donors (Lipinski definition) is 2. The minimum absolute atomic E-state index is 0.0107. The first kappa shape index (κ1) is 21.5. The molecule has 4 aromatic rings. The third-order valence-corrected chi connectivity index (χ3v) is 6.59. The molecule has 2 N–H and O–H groups in total. The van der Waals surface area contributed by atoms with E-state index in [1.165, 1.54) is 12.1 Å². The van der Waals surface area contributed by atoms with E-state index >= 15 is 0 Å². The topological polar surface area (TPSA) is 97.4 Å². The number of nitrogens with one attached hydrogen (secondary N) is 2. The summed E-state index contributed by atoms with van der Waals surface area (Å²) in [6.07, 6.45) is -0.0107. The molecule has 1 heterocycles. The van der Waals surface area contributed by atoms with Crippen molar-refractivity contribution in [3.8, 4) is 11.5 Å². The molecule has 0 fully saturated rings. The summed E-state index contributed by atoms with van der Waals surface area (Å²) in [5.74, 6) is 0.877. The lowest BCUT2D eigenvalue weighted by molar-refractivity contribution is -0.115. The average Bonchev–Trinajstić information content (AvgIpc) is 3.22. The molecule has 0 saturated heterocycles. The number of thiazole rings is 1. The first-order valence-electron chi connectivity index (χ1n) is 9.64. The number of amides is 1. The molecule has 32 heavy (non-hydrogen) atoms. The first-order chi connectivity index (χ1) is 15.5. The van der Waals surface area contributed by atoms with Gasteiger partial charge in [0.25, 0.3) is 10.0 Å². The molecule has 1 aromatic heterocycles. The van der Waals surface area contributed by atoms with Crippen molar-refractivity contribution in [3.05, 3.63) is 96.0 Å². The van der Waals surface area contributed by atoms with Crippen LogP contribution in [0.4, 0.5) is 10.8 Å². The number of anilines is 2. The predicted molar refractivity (Wildman–Crippen MR) is 125 cm³/mol. The van der Waals surface area contributed by atoms with E-state index in [2.05, 4.69) is 15.0 Å². The van der Waals surface area contributed by atoms with Crippen molar-refractivity contribution < 1.29 is 17.9 Å². The molecule has 1 amide bonds. The van der Waals surface area contributed by atoms with Gasteiger partial charge in [0, 0.05) is 5.38 Å². The van der Waals surface area contributed by atoms with E-state index in [0.29, 0.717) is 22.9 Å². The first-order valence-corrected chi connectivity index (χ1v) is 12.0. The number of para-hydroxylation sites is 3. The molecular weight excluding hydrogens is 446 g/mol. The summed E-state index contributed by atoms with van der Waals surface area (Å²) in [4.78, 5) is 16.9. The van der Waals surface area contributed by atoms with Crippen LogP contribution in [0.1, 0.15) is 5.69 Å². The van der Waals surface area contributed by atoms with Crippen molar-refractivity contribution in [3.63, 3.8) is 0 Å². The highest BCUT2D eigenvalue weighted by atomic mass is 32.2. The standard InChI is InChI=1S/C23H19N3O4S2/c27-22(25-20-13-7-8-14-21(20)30-18-9-3-1-4-10-18)15-17-16-31-23(24-17)26-32(28,29)19-11-5-2-6-12-19/h1-14,16H,15H2,(H,24,26)(H,25,27). The molecule has 0 atom stereocenters. The Balaban J connectivity index is 1.40. The Labute approximate surface area is 189 Å². The Morgan fingerprint density at radius 2 is 1.56 bits per heavy atom. The van der Waals surface area contributed by atoms with Crippen LogP contribution in [0.2, 0.25) is 0 Å². The number of carbonyl (C=O) groups excluding carboxylic acids is 1. The van der Waals surface area contributed by atoms with Gasteiger partial charge in [-0.05, 0) is 36.4 Å². The molecule has 3 aromatic carbocycles. The van der Waals surface area contributed by atoms with Crippen molar-refractivity contribution in [2.45, 2.75) is 11.3 Å². The number of carbonyl (C=O) groups is 1. The van der Waals surface area contributed by atoms with Crippen LogP contribution in [0.5, 0.6) is 11.5 Å². The Morgan fingerprint density at radius 1 is 0.906 bits per heavy atom. The van der Waals surface area contributed by atoms with Gasteiger partial charge < -0.3 is 10.1 Å². The molecule has 0 aliphatic rings. The summed E-state index contributed by atoms with van der Waals surface area (Å²) >= 11 is 1.12. The number of aromatic nitrogens is 1. The largest absolute Gasteiger partial charge is 0.455 e. The van der Waals surface area contributed by atoms with E-state index in [1.807, 2.05) is 36.4 Å². The predicted octanol–water partition coefficient (Wildman–Crippen LogP) is 4.92. The highest BCUT2D eigenvalue weighted by molar-refractivity contribution is 7.93. The summed E-state index contributed by atoms with van der Waals surface area (Å²) in [5, 5.41) is 4.67. The van der Waals surface area contributed by atoms with Crippen molar-refractivity contribution in [1.29, 1.82) is 0 Å². The minimum atomic E-state index is -3.73. The van der Waals surface area contributed by atoms with Gasteiger partial charge in [-0.25, -0.2) is 13.4 Å². The maximum Gasteiger partial charge on any atom is 0.263 e. The van der Waals surface area contributed by atoms with Gasteiger partial charge in [0.15, 0.2) is 10.9 Å². The zero-order valence-corrected chi connectivity index (χ0v) is 18.4. The van der Waals surface area contributed by atoms with Gasteiger partial charge in [0.2, 0.25) is 5.91 Å². The molecule has 0 unspecified atom stereocenters. The number of sulfonamides is 1. The van der Waals surface area contributed by atoms with E-state index < -0.39 is 10.0 Å². The fourth-order valence-electron chi connectivity index (χ4n) is 2.84. The maximum absolute atomic E-state index is 12.6. The van der Waals surface area contributed by atoms with Crippen LogP contribution in [-0.2, 0) is 21.2 Å². The molecule has 9 heteroatoms. The van der Waals surface area contributed by atoms with E-state index in [4.69, 9.17) is 4.74 Å². The third-order valence-electron chi connectivity index (χ3n) is 4.30. The van der Waals surface area contributed by atoms with Crippen molar-refractivity contribution in [2.24, 2.45) is 0 Å². The highest BCUT2D eigenvalue weighted by Crippen LogP contribution is 2.29. The lowest BCUT2D eigenvalue weighted by Gasteiger charge is -2.11.